The minimum Gasteiger partial charge on any atom is -0.392 e. The molecular weight excluding hydrogens is 252 g/mol. The van der Waals surface area contributed by atoms with Gasteiger partial charge in [0.2, 0.25) is 5.91 Å². The van der Waals surface area contributed by atoms with Crippen LogP contribution in [0, 0.1) is 5.92 Å². The summed E-state index contributed by atoms with van der Waals surface area (Å²) in [5.74, 6) is -0.245. The van der Waals surface area contributed by atoms with E-state index in [1.54, 1.807) is 0 Å². The van der Waals surface area contributed by atoms with Crippen molar-refractivity contribution < 1.29 is 9.90 Å². The largest absolute Gasteiger partial charge is 0.392 e. The van der Waals surface area contributed by atoms with Crippen LogP contribution < -0.4 is 5.32 Å². The monoisotopic (exact) mass is 276 g/mol. The fourth-order valence-corrected chi connectivity index (χ4v) is 2.78. The Bertz CT molecular complexity index is 460. The van der Waals surface area contributed by atoms with E-state index in [0.717, 1.165) is 31.4 Å². The molecule has 2 rings (SSSR count). The molecule has 2 atom stereocenters. The molecule has 2 unspecified atom stereocenters. The van der Waals surface area contributed by atoms with Crippen molar-refractivity contribution in [2.75, 3.05) is 14.1 Å². The second-order valence-electron chi connectivity index (χ2n) is 5.83. The summed E-state index contributed by atoms with van der Waals surface area (Å²) in [7, 11) is 4.06. The quantitative estimate of drug-likeness (QED) is 0.857. The van der Waals surface area contributed by atoms with Gasteiger partial charge in [0.05, 0.1) is 12.0 Å². The van der Waals surface area contributed by atoms with Gasteiger partial charge in [-0.25, -0.2) is 0 Å². The highest BCUT2D eigenvalue weighted by atomic mass is 16.3. The summed E-state index contributed by atoms with van der Waals surface area (Å²) < 4.78 is 0. The molecule has 20 heavy (non-hydrogen) atoms. The minimum atomic E-state index is -0.466. The van der Waals surface area contributed by atoms with Crippen molar-refractivity contribution >= 4 is 5.91 Å². The van der Waals surface area contributed by atoms with E-state index >= 15 is 0 Å². The summed E-state index contributed by atoms with van der Waals surface area (Å²) >= 11 is 0. The lowest BCUT2D eigenvalue weighted by molar-refractivity contribution is -0.127. The highest BCUT2D eigenvalue weighted by Crippen LogP contribution is 2.25. The number of aliphatic hydroxyl groups excluding tert-OH is 1. The first kappa shape index (κ1) is 15.0. The van der Waals surface area contributed by atoms with Gasteiger partial charge in [0.25, 0.3) is 0 Å². The van der Waals surface area contributed by atoms with E-state index in [1.807, 2.05) is 32.3 Å². The summed E-state index contributed by atoms with van der Waals surface area (Å²) in [6.45, 7) is 1.39. The number of benzene rings is 1. The topological polar surface area (TPSA) is 52.6 Å². The van der Waals surface area contributed by atoms with Crippen molar-refractivity contribution in [2.45, 2.75) is 38.5 Å². The number of nitrogens with one attached hydrogen (secondary N) is 1. The van der Waals surface area contributed by atoms with Crippen LogP contribution in [0.25, 0.3) is 0 Å². The molecule has 1 aromatic rings. The van der Waals surface area contributed by atoms with E-state index in [2.05, 4.69) is 16.3 Å². The Morgan fingerprint density at radius 1 is 1.30 bits per heavy atom. The van der Waals surface area contributed by atoms with E-state index in [9.17, 15) is 9.90 Å². The van der Waals surface area contributed by atoms with E-state index in [0.29, 0.717) is 6.54 Å². The Balaban J connectivity index is 1.95. The summed E-state index contributed by atoms with van der Waals surface area (Å²) in [4.78, 5) is 14.2. The lowest BCUT2D eigenvalue weighted by Gasteiger charge is -2.17. The molecule has 1 aliphatic carbocycles. The molecule has 2 N–H and O–H groups in total. The number of rotatable bonds is 5. The second-order valence-corrected chi connectivity index (χ2v) is 5.83. The van der Waals surface area contributed by atoms with Crippen molar-refractivity contribution in [3.05, 3.63) is 35.4 Å². The number of aliphatic hydroxyl groups is 1. The van der Waals surface area contributed by atoms with Crippen LogP contribution in [-0.4, -0.2) is 36.1 Å². The Kier molecular flexibility index (Phi) is 5.15. The molecular formula is C16H24N2O2. The van der Waals surface area contributed by atoms with Crippen LogP contribution in [0.4, 0.5) is 0 Å². The smallest absolute Gasteiger partial charge is 0.225 e. The number of nitrogens with zero attached hydrogens (tertiary/aromatic N) is 1. The molecule has 0 aliphatic heterocycles. The highest BCUT2D eigenvalue weighted by Gasteiger charge is 2.31. The SMILES string of the molecule is CN(C)Cc1ccccc1CNC(=O)C1CCCC1O. The van der Waals surface area contributed by atoms with E-state index < -0.39 is 6.10 Å². The number of carbonyl (C=O) groups excluding carboxylic acids is 1. The number of hydrogen-bond acceptors (Lipinski definition) is 3. The van der Waals surface area contributed by atoms with Gasteiger partial charge in [-0.05, 0) is 44.5 Å². The maximum absolute atomic E-state index is 12.1. The summed E-state index contributed by atoms with van der Waals surface area (Å²) in [6.07, 6.45) is 2.02. The van der Waals surface area contributed by atoms with Crippen LogP contribution in [0.5, 0.6) is 0 Å². The first-order valence-corrected chi connectivity index (χ1v) is 7.25. The van der Waals surface area contributed by atoms with Crippen molar-refractivity contribution in [2.24, 2.45) is 5.92 Å². The van der Waals surface area contributed by atoms with E-state index in [-0.39, 0.29) is 11.8 Å². The van der Waals surface area contributed by atoms with Gasteiger partial charge in [-0.3, -0.25) is 4.79 Å². The Labute approximate surface area is 120 Å². The molecule has 0 radical (unpaired) electrons. The summed E-state index contributed by atoms with van der Waals surface area (Å²) in [6, 6.07) is 8.14. The van der Waals surface area contributed by atoms with Gasteiger partial charge in [0.15, 0.2) is 0 Å². The zero-order valence-electron chi connectivity index (χ0n) is 12.3. The molecule has 1 aliphatic rings. The predicted molar refractivity (Wildman–Crippen MR) is 79.0 cm³/mol. The van der Waals surface area contributed by atoms with Crippen LogP contribution in [0.1, 0.15) is 30.4 Å². The van der Waals surface area contributed by atoms with Crippen LogP contribution in [-0.2, 0) is 17.9 Å². The van der Waals surface area contributed by atoms with Gasteiger partial charge < -0.3 is 15.3 Å². The Morgan fingerprint density at radius 2 is 2.00 bits per heavy atom. The zero-order chi connectivity index (χ0) is 14.5. The summed E-state index contributed by atoms with van der Waals surface area (Å²) in [5.41, 5.74) is 2.37. The second kappa shape index (κ2) is 6.86. The van der Waals surface area contributed by atoms with Gasteiger partial charge in [-0.1, -0.05) is 24.3 Å². The Hall–Kier alpha value is -1.39. The van der Waals surface area contributed by atoms with Crippen LogP contribution in [0.2, 0.25) is 0 Å². The average molecular weight is 276 g/mol. The van der Waals surface area contributed by atoms with Crippen molar-refractivity contribution in [3.63, 3.8) is 0 Å². The van der Waals surface area contributed by atoms with E-state index in [1.165, 1.54) is 5.56 Å². The molecule has 1 saturated carbocycles. The normalized spacial score (nSPS) is 22.2. The van der Waals surface area contributed by atoms with Gasteiger partial charge in [-0.15, -0.1) is 0 Å². The maximum Gasteiger partial charge on any atom is 0.225 e. The third kappa shape index (κ3) is 3.81. The molecule has 1 fully saturated rings. The summed E-state index contributed by atoms with van der Waals surface area (Å²) in [5, 5.41) is 12.7. The van der Waals surface area contributed by atoms with Crippen LogP contribution in [0.15, 0.2) is 24.3 Å². The Morgan fingerprint density at radius 3 is 2.60 bits per heavy atom. The predicted octanol–water partition coefficient (Wildman–Crippen LogP) is 1.53. The third-order valence-corrected chi connectivity index (χ3v) is 3.87. The first-order chi connectivity index (χ1) is 9.58. The van der Waals surface area contributed by atoms with Gasteiger partial charge in [0.1, 0.15) is 0 Å². The number of hydrogen-bond donors (Lipinski definition) is 2. The molecule has 110 valence electrons. The highest BCUT2D eigenvalue weighted by molar-refractivity contribution is 5.79. The molecule has 1 amide bonds. The lowest BCUT2D eigenvalue weighted by Crippen LogP contribution is -2.34. The lowest BCUT2D eigenvalue weighted by atomic mass is 10.0. The zero-order valence-corrected chi connectivity index (χ0v) is 12.3. The molecule has 4 nitrogen and oxygen atoms in total. The van der Waals surface area contributed by atoms with Crippen molar-refractivity contribution in [3.8, 4) is 0 Å². The van der Waals surface area contributed by atoms with Crippen LogP contribution >= 0.6 is 0 Å². The molecule has 0 aromatic heterocycles. The molecule has 0 bridgehead atoms. The number of amides is 1. The minimum absolute atomic E-state index is 0.0188. The van der Waals surface area contributed by atoms with Crippen LogP contribution in [0.3, 0.4) is 0 Å². The van der Waals surface area contributed by atoms with Gasteiger partial charge in [0, 0.05) is 13.1 Å². The fourth-order valence-electron chi connectivity index (χ4n) is 2.78. The average Bonchev–Trinajstić information content (AvgIpc) is 2.83. The van der Waals surface area contributed by atoms with Crippen molar-refractivity contribution in [1.82, 2.24) is 10.2 Å². The fraction of sp³-hybridized carbons (Fsp3) is 0.562. The van der Waals surface area contributed by atoms with Gasteiger partial charge in [-0.2, -0.15) is 0 Å². The first-order valence-electron chi connectivity index (χ1n) is 7.25. The molecule has 1 aromatic carbocycles. The third-order valence-electron chi connectivity index (χ3n) is 3.87. The molecule has 0 spiro atoms. The molecule has 0 heterocycles. The van der Waals surface area contributed by atoms with E-state index in [4.69, 9.17) is 0 Å². The number of carbonyl (C=O) groups is 1. The van der Waals surface area contributed by atoms with Crippen molar-refractivity contribution in [1.29, 1.82) is 0 Å². The maximum atomic E-state index is 12.1. The molecule has 4 heteroatoms. The van der Waals surface area contributed by atoms with Gasteiger partial charge >= 0.3 is 0 Å². The standard InChI is InChI=1S/C16H24N2O2/c1-18(2)11-13-7-4-3-6-12(13)10-17-16(20)14-8-5-9-15(14)19/h3-4,6-7,14-15,19H,5,8-11H2,1-2H3,(H,17,20). The molecule has 0 saturated heterocycles.